The van der Waals surface area contributed by atoms with Gasteiger partial charge < -0.3 is 13.9 Å². The van der Waals surface area contributed by atoms with E-state index in [9.17, 15) is 4.79 Å². The average molecular weight is 377 g/mol. The number of halogens is 1. The number of carbonyl (C=O) groups is 1. The standard InChI is InChI=1S/C17H17ClN4O2S/c1-21(10-14-4-3-9-24-14)15(23)11-25-17-20-19-16(22(17)2)12-5-7-13(18)8-6-12/h3-9H,10-11H2,1-2H3. The normalized spacial score (nSPS) is 10.8. The zero-order valence-corrected chi connectivity index (χ0v) is 15.4. The van der Waals surface area contributed by atoms with Crippen molar-refractivity contribution in [2.45, 2.75) is 11.7 Å². The zero-order chi connectivity index (χ0) is 17.8. The lowest BCUT2D eigenvalue weighted by atomic mass is 10.2. The van der Waals surface area contributed by atoms with Gasteiger partial charge in [-0.2, -0.15) is 0 Å². The van der Waals surface area contributed by atoms with Crippen LogP contribution < -0.4 is 0 Å². The number of nitrogens with zero attached hydrogens (tertiary/aromatic N) is 4. The summed E-state index contributed by atoms with van der Waals surface area (Å²) in [6.45, 7) is 0.446. The Morgan fingerprint density at radius 1 is 1.28 bits per heavy atom. The summed E-state index contributed by atoms with van der Waals surface area (Å²) in [7, 11) is 3.63. The fourth-order valence-corrected chi connectivity index (χ4v) is 3.23. The first kappa shape index (κ1) is 17.6. The third-order valence-electron chi connectivity index (χ3n) is 3.66. The van der Waals surface area contributed by atoms with Crippen molar-refractivity contribution < 1.29 is 9.21 Å². The molecule has 0 radical (unpaired) electrons. The topological polar surface area (TPSA) is 64.2 Å². The maximum atomic E-state index is 12.3. The molecule has 6 nitrogen and oxygen atoms in total. The van der Waals surface area contributed by atoms with E-state index in [1.165, 1.54) is 11.8 Å². The number of furan rings is 1. The van der Waals surface area contributed by atoms with Crippen molar-refractivity contribution in [2.24, 2.45) is 7.05 Å². The number of amides is 1. The summed E-state index contributed by atoms with van der Waals surface area (Å²) >= 11 is 7.27. The second-order valence-electron chi connectivity index (χ2n) is 5.49. The van der Waals surface area contributed by atoms with E-state index in [0.717, 1.165) is 17.1 Å². The summed E-state index contributed by atoms with van der Waals surface area (Å²) in [6, 6.07) is 11.1. The van der Waals surface area contributed by atoms with Gasteiger partial charge in [-0.25, -0.2) is 0 Å². The predicted molar refractivity (Wildman–Crippen MR) is 97.4 cm³/mol. The van der Waals surface area contributed by atoms with E-state index < -0.39 is 0 Å². The van der Waals surface area contributed by atoms with Crippen molar-refractivity contribution in [1.29, 1.82) is 0 Å². The Balaban J connectivity index is 1.62. The molecule has 25 heavy (non-hydrogen) atoms. The Morgan fingerprint density at radius 2 is 2.04 bits per heavy atom. The zero-order valence-electron chi connectivity index (χ0n) is 13.8. The van der Waals surface area contributed by atoms with Gasteiger partial charge in [-0.1, -0.05) is 23.4 Å². The molecular formula is C17H17ClN4O2S. The molecule has 0 saturated carbocycles. The molecule has 130 valence electrons. The number of benzene rings is 1. The Morgan fingerprint density at radius 3 is 2.72 bits per heavy atom. The van der Waals surface area contributed by atoms with Gasteiger partial charge in [0.1, 0.15) is 5.76 Å². The molecule has 1 amide bonds. The molecule has 1 aromatic carbocycles. The van der Waals surface area contributed by atoms with E-state index in [0.29, 0.717) is 16.7 Å². The smallest absolute Gasteiger partial charge is 0.233 e. The van der Waals surface area contributed by atoms with Crippen LogP contribution in [0, 0.1) is 0 Å². The van der Waals surface area contributed by atoms with Crippen LogP contribution in [0.15, 0.2) is 52.2 Å². The second kappa shape index (κ2) is 7.76. The van der Waals surface area contributed by atoms with Crippen LogP contribution in [-0.4, -0.2) is 38.4 Å². The van der Waals surface area contributed by atoms with Crippen molar-refractivity contribution in [3.05, 3.63) is 53.4 Å². The molecule has 3 rings (SSSR count). The molecule has 0 aliphatic carbocycles. The largest absolute Gasteiger partial charge is 0.467 e. The molecule has 3 aromatic rings. The van der Waals surface area contributed by atoms with Gasteiger partial charge in [0, 0.05) is 24.7 Å². The maximum absolute atomic E-state index is 12.3. The van der Waals surface area contributed by atoms with Crippen LogP contribution >= 0.6 is 23.4 Å². The van der Waals surface area contributed by atoms with Crippen molar-refractivity contribution >= 4 is 29.3 Å². The highest BCUT2D eigenvalue weighted by Gasteiger charge is 2.15. The lowest BCUT2D eigenvalue weighted by molar-refractivity contribution is -0.127. The first-order valence-electron chi connectivity index (χ1n) is 7.59. The van der Waals surface area contributed by atoms with Crippen LogP contribution in [0.2, 0.25) is 5.02 Å². The molecule has 0 fully saturated rings. The Kier molecular flexibility index (Phi) is 5.45. The Bertz CT molecular complexity index is 846. The monoisotopic (exact) mass is 376 g/mol. The van der Waals surface area contributed by atoms with E-state index in [1.54, 1.807) is 24.3 Å². The average Bonchev–Trinajstić information content (AvgIpc) is 3.23. The van der Waals surface area contributed by atoms with Crippen LogP contribution in [0.3, 0.4) is 0 Å². The molecule has 2 heterocycles. The van der Waals surface area contributed by atoms with E-state index >= 15 is 0 Å². The van der Waals surface area contributed by atoms with Crippen LogP contribution in [0.25, 0.3) is 11.4 Å². The summed E-state index contributed by atoms with van der Waals surface area (Å²) in [5.74, 6) is 1.77. The fraction of sp³-hybridized carbons (Fsp3) is 0.235. The lowest BCUT2D eigenvalue weighted by Gasteiger charge is -2.15. The van der Waals surface area contributed by atoms with Crippen molar-refractivity contribution in [3.63, 3.8) is 0 Å². The summed E-state index contributed by atoms with van der Waals surface area (Å²) < 4.78 is 7.13. The molecule has 0 aliphatic rings. The van der Waals surface area contributed by atoms with Gasteiger partial charge in [-0.3, -0.25) is 4.79 Å². The van der Waals surface area contributed by atoms with Crippen molar-refractivity contribution in [2.75, 3.05) is 12.8 Å². The van der Waals surface area contributed by atoms with E-state index in [2.05, 4.69) is 10.2 Å². The molecule has 2 aromatic heterocycles. The van der Waals surface area contributed by atoms with E-state index in [4.69, 9.17) is 16.0 Å². The molecule has 0 aliphatic heterocycles. The van der Waals surface area contributed by atoms with Gasteiger partial charge in [-0.15, -0.1) is 10.2 Å². The predicted octanol–water partition coefficient (Wildman–Crippen LogP) is 3.48. The minimum Gasteiger partial charge on any atom is -0.467 e. The van der Waals surface area contributed by atoms with E-state index in [1.807, 2.05) is 41.9 Å². The minimum absolute atomic E-state index is 0.00237. The van der Waals surface area contributed by atoms with Crippen LogP contribution in [0.5, 0.6) is 0 Å². The van der Waals surface area contributed by atoms with Crippen LogP contribution in [0.1, 0.15) is 5.76 Å². The molecule has 0 spiro atoms. The molecule has 0 atom stereocenters. The van der Waals surface area contributed by atoms with Gasteiger partial charge in [0.2, 0.25) is 5.91 Å². The van der Waals surface area contributed by atoms with E-state index in [-0.39, 0.29) is 11.7 Å². The SMILES string of the molecule is CN(Cc1ccco1)C(=O)CSc1nnc(-c2ccc(Cl)cc2)n1C. The van der Waals surface area contributed by atoms with Gasteiger partial charge in [0.25, 0.3) is 0 Å². The summed E-state index contributed by atoms with van der Waals surface area (Å²) in [5.41, 5.74) is 0.924. The Labute approximate surface area is 154 Å². The summed E-state index contributed by atoms with van der Waals surface area (Å²) in [4.78, 5) is 13.9. The quantitative estimate of drug-likeness (QED) is 0.616. The highest BCUT2D eigenvalue weighted by atomic mass is 35.5. The van der Waals surface area contributed by atoms with Crippen molar-refractivity contribution in [3.8, 4) is 11.4 Å². The molecule has 0 saturated heterocycles. The van der Waals surface area contributed by atoms with Gasteiger partial charge in [0.15, 0.2) is 11.0 Å². The second-order valence-corrected chi connectivity index (χ2v) is 6.87. The number of aromatic nitrogens is 3. The first-order chi connectivity index (χ1) is 12.0. The van der Waals surface area contributed by atoms with Gasteiger partial charge in [-0.05, 0) is 36.4 Å². The Hall–Kier alpha value is -2.25. The molecule has 0 unspecified atom stereocenters. The first-order valence-corrected chi connectivity index (χ1v) is 8.95. The fourth-order valence-electron chi connectivity index (χ4n) is 2.25. The number of hydrogen-bond donors (Lipinski definition) is 0. The third-order valence-corrected chi connectivity index (χ3v) is 4.92. The highest BCUT2D eigenvalue weighted by Crippen LogP contribution is 2.24. The number of hydrogen-bond acceptors (Lipinski definition) is 5. The molecule has 0 N–H and O–H groups in total. The number of carbonyl (C=O) groups excluding carboxylic acids is 1. The van der Waals surface area contributed by atoms with Gasteiger partial charge >= 0.3 is 0 Å². The molecular weight excluding hydrogens is 360 g/mol. The summed E-state index contributed by atoms with van der Waals surface area (Å²) in [5, 5.41) is 9.74. The third kappa shape index (κ3) is 4.24. The maximum Gasteiger partial charge on any atom is 0.233 e. The number of thioether (sulfide) groups is 1. The molecule has 8 heteroatoms. The lowest BCUT2D eigenvalue weighted by Crippen LogP contribution is -2.27. The van der Waals surface area contributed by atoms with Crippen molar-refractivity contribution in [1.82, 2.24) is 19.7 Å². The summed E-state index contributed by atoms with van der Waals surface area (Å²) in [6.07, 6.45) is 1.60. The minimum atomic E-state index is -0.00237. The van der Waals surface area contributed by atoms with Crippen LogP contribution in [0.4, 0.5) is 0 Å². The van der Waals surface area contributed by atoms with Gasteiger partial charge in [0.05, 0.1) is 18.6 Å². The number of rotatable bonds is 6. The van der Waals surface area contributed by atoms with Crippen LogP contribution in [-0.2, 0) is 18.4 Å². The highest BCUT2D eigenvalue weighted by molar-refractivity contribution is 7.99. The molecule has 0 bridgehead atoms.